The summed E-state index contributed by atoms with van der Waals surface area (Å²) in [6, 6.07) is 7.28. The molecule has 0 heterocycles. The van der Waals surface area contributed by atoms with E-state index in [1.807, 2.05) is 0 Å². The van der Waals surface area contributed by atoms with E-state index in [-0.39, 0.29) is 28.2 Å². The third-order valence-electron chi connectivity index (χ3n) is 3.74. The van der Waals surface area contributed by atoms with Crippen LogP contribution >= 0.6 is 0 Å². The van der Waals surface area contributed by atoms with E-state index in [1.54, 1.807) is 0 Å². The van der Waals surface area contributed by atoms with Gasteiger partial charge in [-0.2, -0.15) is 13.2 Å². The van der Waals surface area contributed by atoms with Crippen LogP contribution in [-0.2, 0) is 6.18 Å². The molecule has 0 aliphatic carbocycles. The second-order valence-corrected chi connectivity index (χ2v) is 5.30. The molecule has 7 heteroatoms. The SMILES string of the molecule is C=C(C(=O)c1cc(OC)c(OC)c(OC)c1)c1cccc(C(F)(F)F)c1. The summed E-state index contributed by atoms with van der Waals surface area (Å²) < 4.78 is 54.2. The van der Waals surface area contributed by atoms with E-state index in [9.17, 15) is 18.0 Å². The lowest BCUT2D eigenvalue weighted by Crippen LogP contribution is -2.07. The Kier molecular flexibility index (Phi) is 5.59. The van der Waals surface area contributed by atoms with Gasteiger partial charge in [0.15, 0.2) is 17.3 Å². The highest BCUT2D eigenvalue weighted by Crippen LogP contribution is 2.39. The van der Waals surface area contributed by atoms with Gasteiger partial charge < -0.3 is 14.2 Å². The number of Topliss-reactive ketones (excluding diaryl/α,β-unsaturated/α-hetero) is 1. The predicted molar refractivity (Wildman–Crippen MR) is 90.9 cm³/mol. The summed E-state index contributed by atoms with van der Waals surface area (Å²) in [7, 11) is 4.21. The monoisotopic (exact) mass is 366 g/mol. The minimum atomic E-state index is -4.51. The molecule has 138 valence electrons. The number of ketones is 1. The van der Waals surface area contributed by atoms with Crippen LogP contribution in [0.3, 0.4) is 0 Å². The molecule has 0 spiro atoms. The van der Waals surface area contributed by atoms with Crippen LogP contribution in [0, 0.1) is 0 Å². The third kappa shape index (κ3) is 3.82. The summed E-state index contributed by atoms with van der Waals surface area (Å²) in [6.45, 7) is 3.65. The van der Waals surface area contributed by atoms with Gasteiger partial charge in [0.05, 0.1) is 26.9 Å². The van der Waals surface area contributed by atoms with Gasteiger partial charge in [-0.25, -0.2) is 0 Å². The molecule has 0 unspecified atom stereocenters. The van der Waals surface area contributed by atoms with Crippen LogP contribution in [0.4, 0.5) is 13.2 Å². The van der Waals surface area contributed by atoms with Gasteiger partial charge in [-0.1, -0.05) is 18.7 Å². The number of rotatable bonds is 6. The summed E-state index contributed by atoms with van der Waals surface area (Å²) >= 11 is 0. The van der Waals surface area contributed by atoms with Crippen molar-refractivity contribution in [1.29, 1.82) is 0 Å². The minimum absolute atomic E-state index is 0.0784. The average Bonchev–Trinajstić information content (AvgIpc) is 2.64. The van der Waals surface area contributed by atoms with Crippen LogP contribution in [0.25, 0.3) is 5.57 Å². The van der Waals surface area contributed by atoms with Crippen LogP contribution in [0.2, 0.25) is 0 Å². The highest BCUT2D eigenvalue weighted by molar-refractivity contribution is 6.28. The van der Waals surface area contributed by atoms with Crippen LogP contribution in [-0.4, -0.2) is 27.1 Å². The molecule has 0 atom stereocenters. The predicted octanol–water partition coefficient (Wildman–Crippen LogP) is 4.63. The van der Waals surface area contributed by atoms with Gasteiger partial charge in [0.2, 0.25) is 5.75 Å². The lowest BCUT2D eigenvalue weighted by molar-refractivity contribution is -0.137. The molecular formula is C19H17F3O4. The maximum Gasteiger partial charge on any atom is 0.416 e. The fourth-order valence-corrected chi connectivity index (χ4v) is 2.40. The van der Waals surface area contributed by atoms with Crippen molar-refractivity contribution < 1.29 is 32.2 Å². The Labute approximate surface area is 148 Å². The zero-order chi connectivity index (χ0) is 19.5. The van der Waals surface area contributed by atoms with Gasteiger partial charge in [0, 0.05) is 11.1 Å². The van der Waals surface area contributed by atoms with Crippen molar-refractivity contribution in [3.63, 3.8) is 0 Å². The molecule has 4 nitrogen and oxygen atoms in total. The number of carbonyl (C=O) groups is 1. The van der Waals surface area contributed by atoms with E-state index in [1.165, 1.54) is 45.6 Å². The number of benzene rings is 2. The number of carbonyl (C=O) groups excluding carboxylic acids is 1. The number of hydrogen-bond donors (Lipinski definition) is 0. The van der Waals surface area contributed by atoms with Crippen molar-refractivity contribution in [3.05, 3.63) is 59.7 Å². The topological polar surface area (TPSA) is 44.8 Å². The largest absolute Gasteiger partial charge is 0.493 e. The first-order chi connectivity index (χ1) is 12.2. The summed E-state index contributed by atoms with van der Waals surface area (Å²) in [4.78, 5) is 12.7. The molecule has 26 heavy (non-hydrogen) atoms. The molecule has 2 aromatic rings. The van der Waals surface area contributed by atoms with Gasteiger partial charge in [0.25, 0.3) is 0 Å². The molecule has 0 saturated carbocycles. The average molecular weight is 366 g/mol. The summed E-state index contributed by atoms with van der Waals surface area (Å²) in [5.74, 6) is 0.263. The molecule has 0 aliphatic rings. The van der Waals surface area contributed by atoms with E-state index in [0.717, 1.165) is 12.1 Å². The maximum absolute atomic E-state index is 12.9. The number of allylic oxidation sites excluding steroid dienone is 1. The number of methoxy groups -OCH3 is 3. The number of hydrogen-bond acceptors (Lipinski definition) is 4. The van der Waals surface area contributed by atoms with E-state index in [4.69, 9.17) is 14.2 Å². The molecule has 0 aromatic heterocycles. The van der Waals surface area contributed by atoms with Crippen molar-refractivity contribution in [2.75, 3.05) is 21.3 Å². The van der Waals surface area contributed by atoms with E-state index in [0.29, 0.717) is 5.75 Å². The molecule has 0 bridgehead atoms. The first kappa shape index (κ1) is 19.4. The van der Waals surface area contributed by atoms with Gasteiger partial charge in [-0.3, -0.25) is 4.79 Å². The van der Waals surface area contributed by atoms with Gasteiger partial charge in [0.1, 0.15) is 0 Å². The zero-order valence-corrected chi connectivity index (χ0v) is 14.4. The lowest BCUT2D eigenvalue weighted by Gasteiger charge is -2.14. The van der Waals surface area contributed by atoms with Crippen molar-refractivity contribution >= 4 is 11.4 Å². The standard InChI is InChI=1S/C19H17F3O4/c1-11(12-6-5-7-14(8-12)19(20,21)22)17(23)13-9-15(24-2)18(26-4)16(10-13)25-3/h5-10H,1H2,2-4H3. The van der Waals surface area contributed by atoms with E-state index in [2.05, 4.69) is 6.58 Å². The van der Waals surface area contributed by atoms with Crippen LogP contribution in [0.15, 0.2) is 43.0 Å². The molecule has 0 N–H and O–H groups in total. The van der Waals surface area contributed by atoms with Crippen LogP contribution in [0.1, 0.15) is 21.5 Å². The highest BCUT2D eigenvalue weighted by Gasteiger charge is 2.31. The molecule has 0 aliphatic heterocycles. The Morgan fingerprint density at radius 1 is 0.923 bits per heavy atom. The summed E-state index contributed by atoms with van der Waals surface area (Å²) in [5, 5.41) is 0. The summed E-state index contributed by atoms with van der Waals surface area (Å²) in [5.41, 5.74) is -0.695. The highest BCUT2D eigenvalue weighted by atomic mass is 19.4. The Morgan fingerprint density at radius 2 is 1.50 bits per heavy atom. The van der Waals surface area contributed by atoms with Gasteiger partial charge >= 0.3 is 6.18 Å². The second-order valence-electron chi connectivity index (χ2n) is 5.30. The molecule has 2 aromatic carbocycles. The first-order valence-electron chi connectivity index (χ1n) is 7.44. The first-order valence-corrected chi connectivity index (χ1v) is 7.44. The zero-order valence-electron chi connectivity index (χ0n) is 14.4. The molecule has 0 saturated heterocycles. The normalized spacial score (nSPS) is 11.0. The summed E-state index contributed by atoms with van der Waals surface area (Å²) in [6.07, 6.45) is -4.51. The van der Waals surface area contributed by atoms with Crippen LogP contribution < -0.4 is 14.2 Å². The smallest absolute Gasteiger partial charge is 0.416 e. The van der Waals surface area contributed by atoms with Gasteiger partial charge in [-0.05, 0) is 29.8 Å². The van der Waals surface area contributed by atoms with Crippen LogP contribution in [0.5, 0.6) is 17.2 Å². The fraction of sp³-hybridized carbons (Fsp3) is 0.211. The Bertz CT molecular complexity index is 816. The minimum Gasteiger partial charge on any atom is -0.493 e. The number of alkyl halides is 3. The molecule has 0 fully saturated rings. The van der Waals surface area contributed by atoms with Crippen molar-refractivity contribution in [2.45, 2.75) is 6.18 Å². The van der Waals surface area contributed by atoms with E-state index < -0.39 is 17.5 Å². The third-order valence-corrected chi connectivity index (χ3v) is 3.74. The molecule has 0 amide bonds. The Hall–Kier alpha value is -2.96. The second kappa shape index (κ2) is 7.51. The van der Waals surface area contributed by atoms with Crippen molar-refractivity contribution in [1.82, 2.24) is 0 Å². The van der Waals surface area contributed by atoms with Gasteiger partial charge in [-0.15, -0.1) is 0 Å². The Morgan fingerprint density at radius 3 is 1.96 bits per heavy atom. The van der Waals surface area contributed by atoms with E-state index >= 15 is 0 Å². The number of halogens is 3. The molecule has 2 rings (SSSR count). The molecular weight excluding hydrogens is 349 g/mol. The Balaban J connectivity index is 2.45. The van der Waals surface area contributed by atoms with Crippen molar-refractivity contribution in [2.24, 2.45) is 0 Å². The lowest BCUT2D eigenvalue weighted by atomic mass is 9.96. The maximum atomic E-state index is 12.9. The van der Waals surface area contributed by atoms with Crippen molar-refractivity contribution in [3.8, 4) is 17.2 Å². The fourth-order valence-electron chi connectivity index (χ4n) is 2.40. The number of ether oxygens (including phenoxy) is 3. The quantitative estimate of drug-likeness (QED) is 0.552. The molecule has 0 radical (unpaired) electrons.